The van der Waals surface area contributed by atoms with Crippen LogP contribution in [0.3, 0.4) is 0 Å². The van der Waals surface area contributed by atoms with E-state index in [0.29, 0.717) is 5.11 Å². The van der Waals surface area contributed by atoms with Gasteiger partial charge in [0.1, 0.15) is 0 Å². The lowest BCUT2D eigenvalue weighted by atomic mass is 9.96. The van der Waals surface area contributed by atoms with E-state index in [0.717, 1.165) is 44.1 Å². The van der Waals surface area contributed by atoms with Crippen LogP contribution in [0.15, 0.2) is 77.4 Å². The SMILES string of the molecule is Cc1ccc(C(=O)O)cc1-n1c(C)cc([C@@H]2[C@H](c3ccccn3)NC(=S)N2c2ccc(Br)cc2)c1C. The van der Waals surface area contributed by atoms with E-state index in [4.69, 9.17) is 12.2 Å². The Labute approximate surface area is 223 Å². The zero-order valence-electron chi connectivity index (χ0n) is 20.1. The third-order valence-electron chi connectivity index (χ3n) is 6.69. The average molecular weight is 562 g/mol. The molecule has 3 heterocycles. The van der Waals surface area contributed by atoms with E-state index < -0.39 is 5.97 Å². The summed E-state index contributed by atoms with van der Waals surface area (Å²) in [7, 11) is 0. The van der Waals surface area contributed by atoms with E-state index in [-0.39, 0.29) is 17.6 Å². The summed E-state index contributed by atoms with van der Waals surface area (Å²) in [6.45, 7) is 6.12. The van der Waals surface area contributed by atoms with Gasteiger partial charge in [-0.1, -0.05) is 28.1 Å². The fourth-order valence-electron chi connectivity index (χ4n) is 4.99. The van der Waals surface area contributed by atoms with E-state index in [2.05, 4.69) is 48.7 Å². The first kappa shape index (κ1) is 24.2. The number of halogens is 1. The Morgan fingerprint density at radius 3 is 2.47 bits per heavy atom. The van der Waals surface area contributed by atoms with Crippen LogP contribution in [0.4, 0.5) is 5.69 Å². The minimum absolute atomic E-state index is 0.156. The molecule has 0 saturated carbocycles. The molecular weight excluding hydrogens is 536 g/mol. The summed E-state index contributed by atoms with van der Waals surface area (Å²) < 4.78 is 3.13. The minimum Gasteiger partial charge on any atom is -0.478 e. The first-order chi connectivity index (χ1) is 17.3. The number of aromatic nitrogens is 2. The smallest absolute Gasteiger partial charge is 0.335 e. The number of aryl methyl sites for hydroxylation is 2. The molecule has 0 unspecified atom stereocenters. The van der Waals surface area contributed by atoms with Gasteiger partial charge in [0.15, 0.2) is 5.11 Å². The van der Waals surface area contributed by atoms with Crippen molar-refractivity contribution in [3.05, 3.63) is 111 Å². The maximum absolute atomic E-state index is 11.7. The highest BCUT2D eigenvalue weighted by molar-refractivity contribution is 9.10. The fourth-order valence-corrected chi connectivity index (χ4v) is 5.60. The van der Waals surface area contributed by atoms with E-state index in [1.165, 1.54) is 0 Å². The molecule has 0 amide bonds. The van der Waals surface area contributed by atoms with Crippen molar-refractivity contribution < 1.29 is 9.90 Å². The highest BCUT2D eigenvalue weighted by Crippen LogP contribution is 2.44. The second kappa shape index (κ2) is 9.52. The van der Waals surface area contributed by atoms with Crippen LogP contribution in [0.25, 0.3) is 5.69 Å². The molecule has 5 rings (SSSR count). The van der Waals surface area contributed by atoms with Crippen LogP contribution >= 0.6 is 28.1 Å². The molecule has 2 aromatic heterocycles. The average Bonchev–Trinajstić information content (AvgIpc) is 3.35. The number of anilines is 1. The van der Waals surface area contributed by atoms with Crippen LogP contribution in [0.5, 0.6) is 0 Å². The number of nitrogens with zero attached hydrogens (tertiary/aromatic N) is 3. The molecule has 6 nitrogen and oxygen atoms in total. The first-order valence-electron chi connectivity index (χ1n) is 11.6. The van der Waals surface area contributed by atoms with Crippen LogP contribution in [0.2, 0.25) is 0 Å². The summed E-state index contributed by atoms with van der Waals surface area (Å²) in [6, 6.07) is 21.1. The molecule has 2 atom stereocenters. The highest BCUT2D eigenvalue weighted by atomic mass is 79.9. The number of hydrogen-bond donors (Lipinski definition) is 2. The summed E-state index contributed by atoms with van der Waals surface area (Å²) in [6.07, 6.45) is 1.80. The number of benzene rings is 2. The normalized spacial score (nSPS) is 17.3. The third kappa shape index (κ3) is 4.20. The number of carboxylic acids is 1. The van der Waals surface area contributed by atoms with Crippen molar-refractivity contribution in [1.82, 2.24) is 14.9 Å². The third-order valence-corrected chi connectivity index (χ3v) is 7.53. The Morgan fingerprint density at radius 1 is 1.06 bits per heavy atom. The molecule has 2 aromatic carbocycles. The Morgan fingerprint density at radius 2 is 1.81 bits per heavy atom. The Balaban J connectivity index is 1.69. The van der Waals surface area contributed by atoms with Crippen molar-refractivity contribution in [3.63, 3.8) is 0 Å². The molecule has 1 saturated heterocycles. The lowest BCUT2D eigenvalue weighted by Crippen LogP contribution is -2.29. The first-order valence-corrected chi connectivity index (χ1v) is 12.8. The molecule has 0 spiro atoms. The van der Waals surface area contributed by atoms with Gasteiger partial charge >= 0.3 is 5.97 Å². The van der Waals surface area contributed by atoms with Gasteiger partial charge in [-0.05, 0) is 98.7 Å². The quantitative estimate of drug-likeness (QED) is 0.274. The Kier molecular flexibility index (Phi) is 6.40. The predicted octanol–water partition coefficient (Wildman–Crippen LogP) is 6.44. The van der Waals surface area contributed by atoms with Gasteiger partial charge in [0.25, 0.3) is 0 Å². The van der Waals surface area contributed by atoms with Crippen molar-refractivity contribution in [1.29, 1.82) is 0 Å². The van der Waals surface area contributed by atoms with Crippen molar-refractivity contribution in [2.45, 2.75) is 32.9 Å². The standard InChI is InChI=1S/C28H25BrN4O2S/c1-16-7-8-19(27(34)35)15-24(16)32-17(2)14-22(18(32)3)26-25(23-6-4-5-13-30-23)31-28(36)33(26)21-11-9-20(29)10-12-21/h4-15,25-26H,1-3H3,(H,31,36)(H,34,35)/t25-,26+/m0/s1. The van der Waals surface area contributed by atoms with Crippen molar-refractivity contribution in [3.8, 4) is 5.69 Å². The Bertz CT molecular complexity index is 1470. The summed E-state index contributed by atoms with van der Waals surface area (Å²) in [5, 5.41) is 13.7. The van der Waals surface area contributed by atoms with E-state index in [1.807, 2.05) is 62.4 Å². The number of aromatic carboxylic acids is 1. The second-order valence-corrected chi connectivity index (χ2v) is 10.2. The van der Waals surface area contributed by atoms with Crippen LogP contribution < -0.4 is 10.2 Å². The number of thiocarbonyl (C=S) groups is 1. The second-order valence-electron chi connectivity index (χ2n) is 8.94. The number of carbonyl (C=O) groups is 1. The Hall–Kier alpha value is -3.49. The molecule has 36 heavy (non-hydrogen) atoms. The molecule has 1 aliphatic rings. The molecule has 2 N–H and O–H groups in total. The molecule has 1 aliphatic heterocycles. The zero-order valence-corrected chi connectivity index (χ0v) is 22.5. The molecular formula is C28H25BrN4O2S. The summed E-state index contributed by atoms with van der Waals surface area (Å²) >= 11 is 9.38. The molecule has 0 radical (unpaired) electrons. The van der Waals surface area contributed by atoms with Crippen LogP contribution in [0, 0.1) is 20.8 Å². The van der Waals surface area contributed by atoms with Gasteiger partial charge in [0, 0.05) is 33.4 Å². The lowest BCUT2D eigenvalue weighted by Gasteiger charge is -2.28. The van der Waals surface area contributed by atoms with Crippen molar-refractivity contribution in [2.75, 3.05) is 4.90 Å². The topological polar surface area (TPSA) is 70.4 Å². The monoisotopic (exact) mass is 560 g/mol. The molecule has 4 aromatic rings. The number of carboxylic acid groups (broad SMARTS) is 1. The van der Waals surface area contributed by atoms with Gasteiger partial charge in [-0.2, -0.15) is 0 Å². The summed E-state index contributed by atoms with van der Waals surface area (Å²) in [5.41, 5.74) is 7.13. The van der Waals surface area contributed by atoms with Gasteiger partial charge in [-0.25, -0.2) is 4.79 Å². The van der Waals surface area contributed by atoms with Gasteiger partial charge in [0.05, 0.1) is 23.3 Å². The largest absolute Gasteiger partial charge is 0.478 e. The molecule has 1 fully saturated rings. The number of hydrogen-bond acceptors (Lipinski definition) is 3. The van der Waals surface area contributed by atoms with Gasteiger partial charge in [0.2, 0.25) is 0 Å². The number of rotatable bonds is 5. The van der Waals surface area contributed by atoms with E-state index in [1.54, 1.807) is 18.3 Å². The summed E-state index contributed by atoms with van der Waals surface area (Å²) in [4.78, 5) is 18.5. The molecule has 182 valence electrons. The highest BCUT2D eigenvalue weighted by Gasteiger charge is 2.42. The molecule has 0 bridgehead atoms. The summed E-state index contributed by atoms with van der Waals surface area (Å²) in [5.74, 6) is -0.944. The van der Waals surface area contributed by atoms with Crippen LogP contribution in [0.1, 0.15) is 50.7 Å². The number of pyridine rings is 1. The van der Waals surface area contributed by atoms with Gasteiger partial charge in [-0.3, -0.25) is 4.98 Å². The van der Waals surface area contributed by atoms with Crippen LogP contribution in [-0.2, 0) is 0 Å². The molecule has 8 heteroatoms. The van der Waals surface area contributed by atoms with Gasteiger partial charge in [-0.15, -0.1) is 0 Å². The lowest BCUT2D eigenvalue weighted by molar-refractivity contribution is 0.0697. The van der Waals surface area contributed by atoms with Gasteiger partial charge < -0.3 is 19.9 Å². The maximum atomic E-state index is 11.7. The van der Waals surface area contributed by atoms with E-state index >= 15 is 0 Å². The maximum Gasteiger partial charge on any atom is 0.335 e. The zero-order chi connectivity index (χ0) is 25.6. The van der Waals surface area contributed by atoms with Crippen molar-refractivity contribution >= 4 is 44.9 Å². The number of nitrogens with one attached hydrogen (secondary N) is 1. The van der Waals surface area contributed by atoms with E-state index in [9.17, 15) is 9.90 Å². The molecule has 0 aliphatic carbocycles. The fraction of sp³-hybridized carbons (Fsp3) is 0.179. The van der Waals surface area contributed by atoms with Crippen LogP contribution in [-0.4, -0.2) is 25.7 Å². The van der Waals surface area contributed by atoms with Crippen molar-refractivity contribution in [2.24, 2.45) is 0 Å². The minimum atomic E-state index is -0.944. The predicted molar refractivity (Wildman–Crippen MR) is 149 cm³/mol.